The number of hydrogen-bond donors (Lipinski definition) is 1. The zero-order valence-corrected chi connectivity index (χ0v) is 11.9. The number of rotatable bonds is 5. The van der Waals surface area contributed by atoms with Crippen LogP contribution < -0.4 is 10.5 Å². The lowest BCUT2D eigenvalue weighted by molar-refractivity contribution is 0.222. The Kier molecular flexibility index (Phi) is 5.28. The SMILES string of the molecule is NC(=S)c1ccccc1OCCN1CCSCC1. The van der Waals surface area contributed by atoms with Crippen LogP contribution in [0.4, 0.5) is 0 Å². The molecule has 1 aromatic rings. The van der Waals surface area contributed by atoms with Gasteiger partial charge in [0.2, 0.25) is 0 Å². The van der Waals surface area contributed by atoms with Crippen molar-refractivity contribution in [3.8, 4) is 5.75 Å². The quantitative estimate of drug-likeness (QED) is 0.833. The highest BCUT2D eigenvalue weighted by Crippen LogP contribution is 2.17. The number of hydrogen-bond acceptors (Lipinski definition) is 4. The third-order valence-electron chi connectivity index (χ3n) is 2.92. The van der Waals surface area contributed by atoms with Gasteiger partial charge >= 0.3 is 0 Å². The second kappa shape index (κ2) is 6.97. The van der Waals surface area contributed by atoms with Crippen LogP contribution in [0.1, 0.15) is 5.56 Å². The first-order valence-electron chi connectivity index (χ1n) is 6.09. The topological polar surface area (TPSA) is 38.5 Å². The summed E-state index contributed by atoms with van der Waals surface area (Å²) in [4.78, 5) is 2.82. The molecule has 98 valence electrons. The van der Waals surface area contributed by atoms with E-state index in [9.17, 15) is 0 Å². The predicted octanol–water partition coefficient (Wildman–Crippen LogP) is 1.75. The Balaban J connectivity index is 1.84. The van der Waals surface area contributed by atoms with Gasteiger partial charge < -0.3 is 10.5 Å². The standard InChI is InChI=1S/C13H18N2OS2/c14-13(17)11-3-1-2-4-12(11)16-8-5-15-6-9-18-10-7-15/h1-4H,5-10H2,(H2,14,17). The van der Waals surface area contributed by atoms with Crippen LogP contribution in [0, 0.1) is 0 Å². The molecule has 5 heteroatoms. The first-order chi connectivity index (χ1) is 8.77. The van der Waals surface area contributed by atoms with Crippen molar-refractivity contribution in [2.75, 3.05) is 37.7 Å². The number of thiocarbonyl (C=S) groups is 1. The van der Waals surface area contributed by atoms with E-state index in [-0.39, 0.29) is 0 Å². The number of benzene rings is 1. The lowest BCUT2D eigenvalue weighted by Gasteiger charge is -2.26. The third kappa shape index (κ3) is 3.86. The summed E-state index contributed by atoms with van der Waals surface area (Å²) in [7, 11) is 0. The molecule has 1 aromatic carbocycles. The summed E-state index contributed by atoms with van der Waals surface area (Å²) < 4.78 is 5.79. The van der Waals surface area contributed by atoms with Gasteiger partial charge in [0.1, 0.15) is 17.3 Å². The summed E-state index contributed by atoms with van der Waals surface area (Å²) in [5.41, 5.74) is 6.49. The Morgan fingerprint density at radius 2 is 2.06 bits per heavy atom. The van der Waals surface area contributed by atoms with Crippen molar-refractivity contribution in [2.45, 2.75) is 0 Å². The molecule has 0 aromatic heterocycles. The molecule has 0 bridgehead atoms. The fourth-order valence-electron chi connectivity index (χ4n) is 1.91. The number of thioether (sulfide) groups is 1. The molecule has 0 radical (unpaired) electrons. The van der Waals surface area contributed by atoms with Gasteiger partial charge in [0.05, 0.1) is 5.56 Å². The number of para-hydroxylation sites is 1. The zero-order valence-electron chi connectivity index (χ0n) is 10.3. The molecule has 1 aliphatic heterocycles. The summed E-state index contributed by atoms with van der Waals surface area (Å²) in [6.45, 7) is 3.96. The van der Waals surface area contributed by atoms with Gasteiger partial charge in [0.15, 0.2) is 0 Å². The van der Waals surface area contributed by atoms with Gasteiger partial charge in [-0.25, -0.2) is 0 Å². The van der Waals surface area contributed by atoms with Crippen LogP contribution in [0.25, 0.3) is 0 Å². The number of nitrogens with zero attached hydrogens (tertiary/aromatic N) is 1. The monoisotopic (exact) mass is 282 g/mol. The van der Waals surface area contributed by atoms with Crippen LogP contribution in [-0.2, 0) is 0 Å². The van der Waals surface area contributed by atoms with E-state index in [2.05, 4.69) is 4.90 Å². The lowest BCUT2D eigenvalue weighted by Crippen LogP contribution is -2.35. The van der Waals surface area contributed by atoms with Crippen LogP contribution >= 0.6 is 24.0 Å². The summed E-state index contributed by atoms with van der Waals surface area (Å²) in [5.74, 6) is 3.24. The Labute approximate surface area is 118 Å². The largest absolute Gasteiger partial charge is 0.492 e. The minimum atomic E-state index is 0.389. The molecular weight excluding hydrogens is 264 g/mol. The van der Waals surface area contributed by atoms with Crippen molar-refractivity contribution in [3.63, 3.8) is 0 Å². The number of nitrogens with two attached hydrogens (primary N) is 1. The molecule has 0 saturated carbocycles. The molecule has 0 atom stereocenters. The normalized spacial score (nSPS) is 16.4. The Morgan fingerprint density at radius 1 is 1.33 bits per heavy atom. The maximum absolute atomic E-state index is 5.79. The van der Waals surface area contributed by atoms with Crippen molar-refractivity contribution < 1.29 is 4.74 Å². The van der Waals surface area contributed by atoms with E-state index in [1.807, 2.05) is 36.0 Å². The molecule has 0 amide bonds. The summed E-state index contributed by atoms with van der Waals surface area (Å²) >= 11 is 7.03. The average molecular weight is 282 g/mol. The van der Waals surface area contributed by atoms with E-state index in [0.717, 1.165) is 30.9 Å². The van der Waals surface area contributed by atoms with E-state index in [4.69, 9.17) is 22.7 Å². The van der Waals surface area contributed by atoms with Gasteiger partial charge in [-0.05, 0) is 12.1 Å². The smallest absolute Gasteiger partial charge is 0.129 e. The van der Waals surface area contributed by atoms with Crippen LogP contribution in [0.15, 0.2) is 24.3 Å². The zero-order chi connectivity index (χ0) is 12.8. The van der Waals surface area contributed by atoms with Gasteiger partial charge in [-0.1, -0.05) is 24.4 Å². The second-order valence-electron chi connectivity index (χ2n) is 4.16. The first-order valence-corrected chi connectivity index (χ1v) is 7.65. The van der Waals surface area contributed by atoms with Crippen molar-refractivity contribution in [1.82, 2.24) is 4.90 Å². The highest BCUT2D eigenvalue weighted by molar-refractivity contribution is 7.99. The molecule has 1 saturated heterocycles. The maximum atomic E-state index is 5.79. The fraction of sp³-hybridized carbons (Fsp3) is 0.462. The third-order valence-corrected chi connectivity index (χ3v) is 4.08. The highest BCUT2D eigenvalue weighted by atomic mass is 32.2. The van der Waals surface area contributed by atoms with E-state index >= 15 is 0 Å². The van der Waals surface area contributed by atoms with E-state index < -0.39 is 0 Å². The second-order valence-corrected chi connectivity index (χ2v) is 5.83. The number of ether oxygens (including phenoxy) is 1. The van der Waals surface area contributed by atoms with Gasteiger partial charge in [-0.2, -0.15) is 11.8 Å². The van der Waals surface area contributed by atoms with Crippen molar-refractivity contribution in [2.24, 2.45) is 5.73 Å². The lowest BCUT2D eigenvalue weighted by atomic mass is 10.2. The molecule has 2 N–H and O–H groups in total. The van der Waals surface area contributed by atoms with Crippen LogP contribution in [0.5, 0.6) is 5.75 Å². The first kappa shape index (κ1) is 13.6. The molecule has 0 spiro atoms. The van der Waals surface area contributed by atoms with Gasteiger partial charge in [0.25, 0.3) is 0 Å². The van der Waals surface area contributed by atoms with Crippen LogP contribution in [0.3, 0.4) is 0 Å². The van der Waals surface area contributed by atoms with Crippen molar-refractivity contribution >= 4 is 29.0 Å². The highest BCUT2D eigenvalue weighted by Gasteiger charge is 2.10. The molecular formula is C13H18N2OS2. The Bertz CT molecular complexity index is 406. The molecule has 18 heavy (non-hydrogen) atoms. The Hall–Kier alpha value is -0.780. The average Bonchev–Trinajstić information content (AvgIpc) is 2.40. The molecule has 0 aliphatic carbocycles. The summed E-state index contributed by atoms with van der Waals surface area (Å²) in [6.07, 6.45) is 0. The van der Waals surface area contributed by atoms with Gasteiger partial charge in [0, 0.05) is 31.1 Å². The molecule has 2 rings (SSSR count). The molecule has 1 heterocycles. The van der Waals surface area contributed by atoms with Gasteiger partial charge in [-0.3, -0.25) is 4.90 Å². The fourth-order valence-corrected chi connectivity index (χ4v) is 3.05. The molecule has 1 fully saturated rings. The summed E-state index contributed by atoms with van der Waals surface area (Å²) in [6, 6.07) is 7.67. The van der Waals surface area contributed by atoms with Crippen LogP contribution in [-0.4, -0.2) is 47.6 Å². The minimum Gasteiger partial charge on any atom is -0.492 e. The summed E-state index contributed by atoms with van der Waals surface area (Å²) in [5, 5.41) is 0. The predicted molar refractivity (Wildman–Crippen MR) is 81.6 cm³/mol. The van der Waals surface area contributed by atoms with E-state index in [0.29, 0.717) is 11.6 Å². The molecule has 0 unspecified atom stereocenters. The van der Waals surface area contributed by atoms with Gasteiger partial charge in [-0.15, -0.1) is 0 Å². The Morgan fingerprint density at radius 3 is 2.78 bits per heavy atom. The van der Waals surface area contributed by atoms with Crippen molar-refractivity contribution in [3.05, 3.63) is 29.8 Å². The maximum Gasteiger partial charge on any atom is 0.129 e. The molecule has 3 nitrogen and oxygen atoms in total. The van der Waals surface area contributed by atoms with Crippen molar-refractivity contribution in [1.29, 1.82) is 0 Å². The minimum absolute atomic E-state index is 0.389. The molecule has 1 aliphatic rings. The van der Waals surface area contributed by atoms with E-state index in [1.165, 1.54) is 11.5 Å². The van der Waals surface area contributed by atoms with Crippen LogP contribution in [0.2, 0.25) is 0 Å². The van der Waals surface area contributed by atoms with E-state index in [1.54, 1.807) is 0 Å².